The summed E-state index contributed by atoms with van der Waals surface area (Å²) in [5, 5.41) is 12.5. The Balaban J connectivity index is 1.73. The van der Waals surface area contributed by atoms with Gasteiger partial charge in [-0.2, -0.15) is 0 Å². The Morgan fingerprint density at radius 3 is 2.65 bits per heavy atom. The Labute approximate surface area is 142 Å². The van der Waals surface area contributed by atoms with Crippen LogP contribution in [0, 0.1) is 0 Å². The molecule has 0 aliphatic rings. The Morgan fingerprint density at radius 2 is 1.91 bits per heavy atom. The Morgan fingerprint density at radius 1 is 1.17 bits per heavy atom. The predicted molar refractivity (Wildman–Crippen MR) is 90.3 cm³/mol. The van der Waals surface area contributed by atoms with E-state index in [1.165, 1.54) is 17.4 Å². The Hall–Kier alpha value is -2.37. The van der Waals surface area contributed by atoms with Crippen LogP contribution in [0.4, 0.5) is 0 Å². The van der Waals surface area contributed by atoms with Crippen molar-refractivity contribution in [3.8, 4) is 17.0 Å². The Bertz CT molecular complexity index is 830. The van der Waals surface area contributed by atoms with Crippen molar-refractivity contribution in [2.24, 2.45) is 0 Å². The number of aromatic nitrogens is 1. The topological polar surface area (TPSA) is 59.4 Å². The molecule has 0 atom stereocenters. The van der Waals surface area contributed by atoms with Gasteiger partial charge in [0.05, 0.1) is 5.69 Å². The van der Waals surface area contributed by atoms with E-state index in [4.69, 9.17) is 21.4 Å². The summed E-state index contributed by atoms with van der Waals surface area (Å²) in [6.45, 7) is 0.225. The number of rotatable bonds is 5. The number of carboxylic acids is 1. The maximum Gasteiger partial charge on any atom is 0.339 e. The zero-order chi connectivity index (χ0) is 16.2. The fourth-order valence-electron chi connectivity index (χ4n) is 2.04. The highest BCUT2D eigenvalue weighted by molar-refractivity contribution is 7.09. The minimum atomic E-state index is -1.01. The van der Waals surface area contributed by atoms with Crippen molar-refractivity contribution >= 4 is 28.9 Å². The molecule has 23 heavy (non-hydrogen) atoms. The third kappa shape index (κ3) is 3.70. The van der Waals surface area contributed by atoms with Crippen LogP contribution in [0.1, 0.15) is 15.4 Å². The molecule has 6 heteroatoms. The number of halogens is 1. The lowest BCUT2D eigenvalue weighted by atomic mass is 10.2. The van der Waals surface area contributed by atoms with Gasteiger partial charge in [0.1, 0.15) is 22.9 Å². The van der Waals surface area contributed by atoms with Gasteiger partial charge in [-0.3, -0.25) is 0 Å². The van der Waals surface area contributed by atoms with Crippen molar-refractivity contribution in [2.45, 2.75) is 6.61 Å². The number of ether oxygens (including phenoxy) is 1. The predicted octanol–water partition coefficient (Wildman–Crippen LogP) is 4.74. The van der Waals surface area contributed by atoms with Gasteiger partial charge in [0.15, 0.2) is 0 Å². The van der Waals surface area contributed by atoms with E-state index in [0.29, 0.717) is 10.8 Å². The van der Waals surface area contributed by atoms with E-state index in [9.17, 15) is 4.79 Å². The van der Waals surface area contributed by atoms with Crippen molar-refractivity contribution in [1.82, 2.24) is 4.98 Å². The molecule has 116 valence electrons. The summed E-state index contributed by atoms with van der Waals surface area (Å²) in [7, 11) is 0. The standard InChI is InChI=1S/C17H12ClNO3S/c18-12-7-5-11(6-8-12)14-10-23-16(19-14)9-22-15-4-2-1-3-13(15)17(20)21/h1-8,10H,9H2,(H,20,21). The SMILES string of the molecule is O=C(O)c1ccccc1OCc1nc(-c2ccc(Cl)cc2)cs1. The van der Waals surface area contributed by atoms with Crippen LogP contribution >= 0.6 is 22.9 Å². The number of thiazole rings is 1. The molecular formula is C17H12ClNO3S. The maximum absolute atomic E-state index is 11.1. The van der Waals surface area contributed by atoms with Gasteiger partial charge in [-0.1, -0.05) is 35.9 Å². The van der Waals surface area contributed by atoms with Gasteiger partial charge >= 0.3 is 5.97 Å². The largest absolute Gasteiger partial charge is 0.486 e. The minimum Gasteiger partial charge on any atom is -0.486 e. The van der Waals surface area contributed by atoms with E-state index in [0.717, 1.165) is 16.3 Å². The zero-order valence-corrected chi connectivity index (χ0v) is 13.5. The number of aromatic carboxylic acids is 1. The molecule has 0 saturated carbocycles. The average Bonchev–Trinajstić information content (AvgIpc) is 3.03. The lowest BCUT2D eigenvalue weighted by Crippen LogP contribution is -2.03. The van der Waals surface area contributed by atoms with Gasteiger partial charge in [0, 0.05) is 16.0 Å². The highest BCUT2D eigenvalue weighted by atomic mass is 35.5. The number of hydrogen-bond acceptors (Lipinski definition) is 4. The number of hydrogen-bond donors (Lipinski definition) is 1. The number of para-hydroxylation sites is 1. The molecule has 0 bridgehead atoms. The maximum atomic E-state index is 11.1. The van der Waals surface area contributed by atoms with E-state index in [1.807, 2.05) is 29.6 Å². The molecule has 2 aromatic carbocycles. The molecule has 0 aliphatic carbocycles. The molecule has 0 fully saturated rings. The number of nitrogens with zero attached hydrogens (tertiary/aromatic N) is 1. The lowest BCUT2D eigenvalue weighted by molar-refractivity contribution is 0.0691. The van der Waals surface area contributed by atoms with Gasteiger partial charge in [0.25, 0.3) is 0 Å². The van der Waals surface area contributed by atoms with Crippen molar-refractivity contribution in [3.05, 3.63) is 69.5 Å². The van der Waals surface area contributed by atoms with E-state index >= 15 is 0 Å². The third-order valence-electron chi connectivity index (χ3n) is 3.16. The van der Waals surface area contributed by atoms with Crippen LogP contribution in [0.15, 0.2) is 53.9 Å². The molecule has 1 aromatic heterocycles. The monoisotopic (exact) mass is 345 g/mol. The second kappa shape index (κ2) is 6.81. The first-order chi connectivity index (χ1) is 11.1. The highest BCUT2D eigenvalue weighted by Gasteiger charge is 2.11. The first kappa shape index (κ1) is 15.5. The molecule has 1 N–H and O–H groups in total. The van der Waals surface area contributed by atoms with E-state index in [1.54, 1.807) is 18.2 Å². The summed E-state index contributed by atoms with van der Waals surface area (Å²) in [4.78, 5) is 15.6. The molecule has 0 unspecified atom stereocenters. The fourth-order valence-corrected chi connectivity index (χ4v) is 2.88. The summed E-state index contributed by atoms with van der Waals surface area (Å²) in [6.07, 6.45) is 0. The molecule has 0 radical (unpaired) electrons. The van der Waals surface area contributed by atoms with Crippen LogP contribution in [-0.4, -0.2) is 16.1 Å². The molecule has 0 amide bonds. The molecule has 0 aliphatic heterocycles. The molecule has 1 heterocycles. The van der Waals surface area contributed by atoms with Crippen molar-refractivity contribution in [3.63, 3.8) is 0 Å². The molecular weight excluding hydrogens is 334 g/mol. The van der Waals surface area contributed by atoms with Crippen LogP contribution in [0.25, 0.3) is 11.3 Å². The minimum absolute atomic E-state index is 0.141. The molecule has 3 rings (SSSR count). The smallest absolute Gasteiger partial charge is 0.339 e. The molecule has 4 nitrogen and oxygen atoms in total. The van der Waals surface area contributed by atoms with Crippen molar-refractivity contribution in [1.29, 1.82) is 0 Å². The fraction of sp³-hybridized carbons (Fsp3) is 0.0588. The second-order valence-corrected chi connectivity index (χ2v) is 6.10. The quantitative estimate of drug-likeness (QED) is 0.725. The van der Waals surface area contributed by atoms with Crippen molar-refractivity contribution < 1.29 is 14.6 Å². The van der Waals surface area contributed by atoms with E-state index in [-0.39, 0.29) is 12.2 Å². The second-order valence-electron chi connectivity index (χ2n) is 4.72. The summed E-state index contributed by atoms with van der Waals surface area (Å²) >= 11 is 7.34. The van der Waals surface area contributed by atoms with E-state index < -0.39 is 5.97 Å². The number of carbonyl (C=O) groups is 1. The first-order valence-corrected chi connectivity index (χ1v) is 8.05. The lowest BCUT2D eigenvalue weighted by Gasteiger charge is -2.06. The zero-order valence-electron chi connectivity index (χ0n) is 11.9. The average molecular weight is 346 g/mol. The molecule has 0 spiro atoms. The van der Waals surface area contributed by atoms with Gasteiger partial charge < -0.3 is 9.84 Å². The van der Waals surface area contributed by atoms with E-state index in [2.05, 4.69) is 4.98 Å². The van der Waals surface area contributed by atoms with Crippen LogP contribution < -0.4 is 4.74 Å². The summed E-state index contributed by atoms with van der Waals surface area (Å²) in [5.41, 5.74) is 1.96. The van der Waals surface area contributed by atoms with Crippen LogP contribution in [0.5, 0.6) is 5.75 Å². The van der Waals surface area contributed by atoms with Crippen LogP contribution in [0.2, 0.25) is 5.02 Å². The van der Waals surface area contributed by atoms with Gasteiger partial charge in [-0.05, 0) is 24.3 Å². The van der Waals surface area contributed by atoms with Gasteiger partial charge in [0.2, 0.25) is 0 Å². The normalized spacial score (nSPS) is 10.5. The van der Waals surface area contributed by atoms with Gasteiger partial charge in [-0.15, -0.1) is 11.3 Å². The summed E-state index contributed by atoms with van der Waals surface area (Å²) in [6, 6.07) is 14.0. The third-order valence-corrected chi connectivity index (χ3v) is 4.23. The summed E-state index contributed by atoms with van der Waals surface area (Å²) in [5.74, 6) is -0.676. The van der Waals surface area contributed by atoms with Crippen LogP contribution in [0.3, 0.4) is 0 Å². The van der Waals surface area contributed by atoms with Gasteiger partial charge in [-0.25, -0.2) is 9.78 Å². The number of benzene rings is 2. The van der Waals surface area contributed by atoms with Crippen LogP contribution in [-0.2, 0) is 6.61 Å². The Kier molecular flexibility index (Phi) is 4.60. The molecule has 0 saturated heterocycles. The first-order valence-electron chi connectivity index (χ1n) is 6.79. The van der Waals surface area contributed by atoms with Crippen molar-refractivity contribution in [2.75, 3.05) is 0 Å². The summed E-state index contributed by atoms with van der Waals surface area (Å²) < 4.78 is 5.60. The number of carboxylic acid groups (broad SMARTS) is 1. The highest BCUT2D eigenvalue weighted by Crippen LogP contribution is 2.25. The molecule has 3 aromatic rings.